The molecule has 1 heterocycles. The summed E-state index contributed by atoms with van der Waals surface area (Å²) in [6.45, 7) is 2.40. The maximum atomic E-state index is 3.54. The Balaban J connectivity index is 2.01. The van der Waals surface area contributed by atoms with Gasteiger partial charge >= 0.3 is 0 Å². The van der Waals surface area contributed by atoms with Crippen LogP contribution in [-0.2, 0) is 0 Å². The van der Waals surface area contributed by atoms with Crippen LogP contribution in [0, 0.1) is 0 Å². The summed E-state index contributed by atoms with van der Waals surface area (Å²) in [6, 6.07) is 15.9. The highest BCUT2D eigenvalue weighted by Crippen LogP contribution is 2.46. The summed E-state index contributed by atoms with van der Waals surface area (Å²) < 4.78 is 0.331. The van der Waals surface area contributed by atoms with Crippen molar-refractivity contribution in [1.29, 1.82) is 0 Å². The lowest BCUT2D eigenvalue weighted by Gasteiger charge is -2.33. The van der Waals surface area contributed by atoms with Crippen LogP contribution in [0.15, 0.2) is 42.5 Å². The monoisotopic (exact) mass is 271 g/mol. The third kappa shape index (κ3) is 2.39. The Kier molecular flexibility index (Phi) is 3.55. The van der Waals surface area contributed by atoms with Crippen LogP contribution < -0.4 is 5.32 Å². The minimum Gasteiger partial charge on any atom is -0.312 e. The molecule has 1 N–H and O–H groups in total. The standard InChI is InChI=1S/C17H21NS/c1-17(10-5-11-19-17)16(18-2)15-9-8-13-6-3-4-7-14(13)12-15/h3-4,6-9,12,16,18H,5,10-11H2,1-2H3. The van der Waals surface area contributed by atoms with Crippen LogP contribution in [0.25, 0.3) is 10.8 Å². The molecule has 0 bridgehead atoms. The molecule has 2 aromatic carbocycles. The molecule has 0 aliphatic carbocycles. The Bertz CT molecular complexity index is 572. The highest BCUT2D eigenvalue weighted by molar-refractivity contribution is 8.00. The van der Waals surface area contributed by atoms with Gasteiger partial charge in [0.05, 0.1) is 0 Å². The third-order valence-electron chi connectivity index (χ3n) is 4.26. The Labute approximate surface area is 119 Å². The molecule has 2 heteroatoms. The summed E-state index contributed by atoms with van der Waals surface area (Å²) in [6.07, 6.45) is 2.64. The maximum absolute atomic E-state index is 3.54. The molecule has 0 spiro atoms. The Morgan fingerprint density at radius 1 is 1.16 bits per heavy atom. The molecule has 1 fully saturated rings. The summed E-state index contributed by atoms with van der Waals surface area (Å²) in [5.74, 6) is 1.29. The first kappa shape index (κ1) is 13.0. The lowest BCUT2D eigenvalue weighted by Crippen LogP contribution is -2.35. The van der Waals surface area contributed by atoms with Crippen LogP contribution in [0.1, 0.15) is 31.4 Å². The van der Waals surface area contributed by atoms with E-state index in [1.165, 1.54) is 34.9 Å². The van der Waals surface area contributed by atoms with Crippen molar-refractivity contribution in [3.63, 3.8) is 0 Å². The van der Waals surface area contributed by atoms with Gasteiger partial charge in [-0.15, -0.1) is 0 Å². The molecule has 1 aliphatic rings. The zero-order valence-corrected chi connectivity index (χ0v) is 12.5. The van der Waals surface area contributed by atoms with E-state index in [9.17, 15) is 0 Å². The first-order chi connectivity index (χ1) is 9.23. The second-order valence-electron chi connectivity index (χ2n) is 5.59. The normalized spacial score (nSPS) is 24.7. The van der Waals surface area contributed by atoms with Crippen molar-refractivity contribution < 1.29 is 0 Å². The minimum absolute atomic E-state index is 0.331. The molecule has 19 heavy (non-hydrogen) atoms. The van der Waals surface area contributed by atoms with Crippen molar-refractivity contribution in [3.8, 4) is 0 Å². The zero-order chi connectivity index (χ0) is 13.3. The van der Waals surface area contributed by atoms with Crippen molar-refractivity contribution >= 4 is 22.5 Å². The predicted octanol–water partition coefficient (Wildman–Crippen LogP) is 4.39. The van der Waals surface area contributed by atoms with E-state index in [1.54, 1.807) is 0 Å². The summed E-state index contributed by atoms with van der Waals surface area (Å²) in [7, 11) is 2.09. The molecular formula is C17H21NS. The van der Waals surface area contributed by atoms with E-state index in [4.69, 9.17) is 0 Å². The van der Waals surface area contributed by atoms with E-state index >= 15 is 0 Å². The smallest absolute Gasteiger partial charge is 0.0464 e. The van der Waals surface area contributed by atoms with Gasteiger partial charge in [-0.05, 0) is 55.0 Å². The molecule has 2 unspecified atom stereocenters. The largest absolute Gasteiger partial charge is 0.312 e. The quantitative estimate of drug-likeness (QED) is 0.888. The SMILES string of the molecule is CNC(c1ccc2ccccc2c1)C1(C)CCCS1. The van der Waals surface area contributed by atoms with E-state index in [2.05, 4.69) is 73.5 Å². The van der Waals surface area contributed by atoms with E-state index in [0.29, 0.717) is 10.8 Å². The zero-order valence-electron chi connectivity index (χ0n) is 11.6. The van der Waals surface area contributed by atoms with Crippen molar-refractivity contribution in [2.45, 2.75) is 30.6 Å². The first-order valence-electron chi connectivity index (χ1n) is 7.03. The molecule has 2 aromatic rings. The van der Waals surface area contributed by atoms with Gasteiger partial charge < -0.3 is 5.32 Å². The summed E-state index contributed by atoms with van der Waals surface area (Å²) in [5.41, 5.74) is 1.41. The van der Waals surface area contributed by atoms with Crippen LogP contribution in [0.5, 0.6) is 0 Å². The minimum atomic E-state index is 0.331. The van der Waals surface area contributed by atoms with Crippen molar-refractivity contribution in [2.75, 3.05) is 12.8 Å². The molecule has 1 aliphatic heterocycles. The fraction of sp³-hybridized carbons (Fsp3) is 0.412. The third-order valence-corrected chi connectivity index (χ3v) is 5.85. The van der Waals surface area contributed by atoms with Crippen molar-refractivity contribution in [1.82, 2.24) is 5.32 Å². The Morgan fingerprint density at radius 2 is 1.95 bits per heavy atom. The second-order valence-corrected chi connectivity index (χ2v) is 7.22. The van der Waals surface area contributed by atoms with Gasteiger partial charge in [-0.3, -0.25) is 0 Å². The van der Waals surface area contributed by atoms with E-state index in [-0.39, 0.29) is 0 Å². The molecule has 1 saturated heterocycles. The van der Waals surface area contributed by atoms with Crippen LogP contribution in [0.2, 0.25) is 0 Å². The number of hydrogen-bond acceptors (Lipinski definition) is 2. The number of rotatable bonds is 3. The number of hydrogen-bond donors (Lipinski definition) is 1. The van der Waals surface area contributed by atoms with Gasteiger partial charge in [-0.1, -0.05) is 36.4 Å². The average molecular weight is 271 g/mol. The predicted molar refractivity (Wildman–Crippen MR) is 85.8 cm³/mol. The molecule has 2 atom stereocenters. The average Bonchev–Trinajstić information content (AvgIpc) is 2.87. The number of nitrogens with one attached hydrogen (secondary N) is 1. The number of thioether (sulfide) groups is 1. The highest BCUT2D eigenvalue weighted by Gasteiger charge is 2.37. The Morgan fingerprint density at radius 3 is 2.63 bits per heavy atom. The van der Waals surface area contributed by atoms with Gasteiger partial charge in [0.1, 0.15) is 0 Å². The summed E-state index contributed by atoms with van der Waals surface area (Å²) in [5, 5.41) is 6.21. The van der Waals surface area contributed by atoms with Gasteiger partial charge in [-0.25, -0.2) is 0 Å². The lowest BCUT2D eigenvalue weighted by atomic mass is 9.89. The topological polar surface area (TPSA) is 12.0 Å². The highest BCUT2D eigenvalue weighted by atomic mass is 32.2. The van der Waals surface area contributed by atoms with Crippen LogP contribution >= 0.6 is 11.8 Å². The molecule has 1 nitrogen and oxygen atoms in total. The van der Waals surface area contributed by atoms with E-state index in [1.807, 2.05) is 0 Å². The molecule has 0 aromatic heterocycles. The summed E-state index contributed by atoms with van der Waals surface area (Å²) in [4.78, 5) is 0. The Hall–Kier alpha value is -0.990. The second kappa shape index (κ2) is 5.18. The maximum Gasteiger partial charge on any atom is 0.0464 e. The van der Waals surface area contributed by atoms with Gasteiger partial charge in [0.2, 0.25) is 0 Å². The molecular weight excluding hydrogens is 250 g/mol. The molecule has 0 radical (unpaired) electrons. The van der Waals surface area contributed by atoms with E-state index in [0.717, 1.165) is 0 Å². The van der Waals surface area contributed by atoms with Gasteiger partial charge in [0.15, 0.2) is 0 Å². The lowest BCUT2D eigenvalue weighted by molar-refractivity contribution is 0.441. The fourth-order valence-electron chi connectivity index (χ4n) is 3.24. The fourth-order valence-corrected chi connectivity index (χ4v) is 4.70. The van der Waals surface area contributed by atoms with Crippen molar-refractivity contribution in [2.24, 2.45) is 0 Å². The number of benzene rings is 2. The van der Waals surface area contributed by atoms with Gasteiger partial charge in [0.25, 0.3) is 0 Å². The first-order valence-corrected chi connectivity index (χ1v) is 8.01. The van der Waals surface area contributed by atoms with E-state index < -0.39 is 0 Å². The summed E-state index contributed by atoms with van der Waals surface area (Å²) >= 11 is 2.12. The van der Waals surface area contributed by atoms with Crippen LogP contribution in [0.3, 0.4) is 0 Å². The van der Waals surface area contributed by atoms with Gasteiger partial charge in [-0.2, -0.15) is 11.8 Å². The van der Waals surface area contributed by atoms with Crippen LogP contribution in [-0.4, -0.2) is 17.5 Å². The molecule has 0 saturated carbocycles. The van der Waals surface area contributed by atoms with Gasteiger partial charge in [0, 0.05) is 10.8 Å². The molecule has 3 rings (SSSR count). The molecule has 100 valence electrons. The van der Waals surface area contributed by atoms with Crippen LogP contribution in [0.4, 0.5) is 0 Å². The number of fused-ring (bicyclic) bond motifs is 1. The molecule has 0 amide bonds. The van der Waals surface area contributed by atoms with Crippen molar-refractivity contribution in [3.05, 3.63) is 48.0 Å².